The van der Waals surface area contributed by atoms with Gasteiger partial charge in [0.1, 0.15) is 0 Å². The highest BCUT2D eigenvalue weighted by Crippen LogP contribution is 2.60. The second-order valence-corrected chi connectivity index (χ2v) is 15.4. The van der Waals surface area contributed by atoms with Gasteiger partial charge in [0, 0.05) is 0 Å². The molecule has 2 aliphatic carbocycles. The molecule has 2 rings (SSSR count). The lowest BCUT2D eigenvalue weighted by Crippen LogP contribution is -2.68. The zero-order chi connectivity index (χ0) is 24.0. The zero-order valence-corrected chi connectivity index (χ0v) is 20.0. The van der Waals surface area contributed by atoms with Crippen LogP contribution in [0.4, 0.5) is 26.3 Å². The highest BCUT2D eigenvalue weighted by atomic mass is 28.4. The molecule has 3 atom stereocenters. The van der Waals surface area contributed by atoms with E-state index in [-0.39, 0.29) is 29.0 Å². The summed E-state index contributed by atoms with van der Waals surface area (Å²) in [5.74, 6) is -2.60. The smallest absolute Gasteiger partial charge is 0.434 e. The maximum Gasteiger partial charge on any atom is 0.434 e. The molecule has 0 unspecified atom stereocenters. The lowest BCUT2D eigenvalue weighted by molar-refractivity contribution is -0.318. The first kappa shape index (κ1) is 26.5. The average Bonchev–Trinajstić information content (AvgIpc) is 2.57. The van der Waals surface area contributed by atoms with Gasteiger partial charge in [0.2, 0.25) is 8.32 Å². The fraction of sp³-hybridized carbons (Fsp3) is 0.952. The maximum atomic E-state index is 13.0. The largest absolute Gasteiger partial charge is 0.442 e. The number of esters is 1. The quantitative estimate of drug-likeness (QED) is 0.222. The van der Waals surface area contributed by atoms with Crippen molar-refractivity contribution in [2.45, 2.75) is 114 Å². The lowest BCUT2D eigenvalue weighted by Gasteiger charge is -2.62. The second kappa shape index (κ2) is 8.87. The topological polar surface area (TPSA) is 35.5 Å². The van der Waals surface area contributed by atoms with Crippen LogP contribution in [0.3, 0.4) is 0 Å². The van der Waals surface area contributed by atoms with Crippen LogP contribution in [0.5, 0.6) is 0 Å². The number of carbonyl (C=O) groups is 1. The number of hydrogen-bond donors (Lipinski definition) is 0. The van der Waals surface area contributed by atoms with Crippen molar-refractivity contribution >= 4 is 14.3 Å². The van der Waals surface area contributed by atoms with Gasteiger partial charge in [-0.2, -0.15) is 26.3 Å². The van der Waals surface area contributed by atoms with Gasteiger partial charge < -0.3 is 9.16 Å². The minimum Gasteiger partial charge on any atom is -0.442 e. The van der Waals surface area contributed by atoms with Crippen molar-refractivity contribution in [3.05, 3.63) is 0 Å². The van der Waals surface area contributed by atoms with Gasteiger partial charge in [-0.05, 0) is 41.8 Å². The van der Waals surface area contributed by atoms with E-state index >= 15 is 0 Å². The summed E-state index contributed by atoms with van der Waals surface area (Å²) in [5.41, 5.74) is -0.526. The molecule has 10 heteroatoms. The number of halogens is 6. The Morgan fingerprint density at radius 1 is 0.903 bits per heavy atom. The molecule has 0 amide bonds. The van der Waals surface area contributed by atoms with E-state index in [1.165, 1.54) is 0 Å². The summed E-state index contributed by atoms with van der Waals surface area (Å²) in [4.78, 5) is 12.7. The molecule has 0 aromatic rings. The number of rotatable bonds is 7. The van der Waals surface area contributed by atoms with E-state index in [1.807, 2.05) is 0 Å². The van der Waals surface area contributed by atoms with Gasteiger partial charge in [-0.15, -0.1) is 0 Å². The Kier molecular flexibility index (Phi) is 7.58. The Morgan fingerprint density at radius 3 is 1.77 bits per heavy atom. The van der Waals surface area contributed by atoms with Crippen molar-refractivity contribution in [1.82, 2.24) is 0 Å². The Labute approximate surface area is 181 Å². The minimum absolute atomic E-state index is 0.0443. The van der Waals surface area contributed by atoms with Crippen LogP contribution < -0.4 is 0 Å². The molecule has 31 heavy (non-hydrogen) atoms. The predicted octanol–water partition coefficient (Wildman–Crippen LogP) is 7.16. The summed E-state index contributed by atoms with van der Waals surface area (Å²) in [6, 6.07) is 0. The van der Waals surface area contributed by atoms with Crippen LogP contribution in [0.25, 0.3) is 0 Å². The molecule has 0 spiro atoms. The van der Waals surface area contributed by atoms with E-state index < -0.39 is 44.3 Å². The van der Waals surface area contributed by atoms with Crippen molar-refractivity contribution in [2.75, 3.05) is 0 Å². The van der Waals surface area contributed by atoms with Crippen molar-refractivity contribution in [3.8, 4) is 0 Å². The van der Waals surface area contributed by atoms with Gasteiger partial charge in [0.05, 0.1) is 11.5 Å². The summed E-state index contributed by atoms with van der Waals surface area (Å²) in [6.07, 6.45) is -12.5. The highest BCUT2D eigenvalue weighted by Gasteiger charge is 2.66. The Hall–Kier alpha value is -0.773. The summed E-state index contributed by atoms with van der Waals surface area (Å²) >= 11 is 0. The van der Waals surface area contributed by atoms with E-state index in [2.05, 4.69) is 46.3 Å². The summed E-state index contributed by atoms with van der Waals surface area (Å²) < 4.78 is 88.8. The van der Waals surface area contributed by atoms with Crippen molar-refractivity contribution in [2.24, 2.45) is 11.8 Å². The molecule has 0 N–H and O–H groups in total. The standard InChI is InChI=1S/C21H34F6O3Si/c1-12(2)31(13(3)4,14(5)6)30-19-10-8-7-9-15(19)11-16(19)17(28)29-18(20(22,23)24)21(25,26)27/h12-16,18H,7-11H2,1-6H3/t15-,16-,19+/m0/s1. The molecular formula is C21H34F6O3Si. The van der Waals surface area contributed by atoms with Gasteiger partial charge in [-0.3, -0.25) is 4.79 Å². The Balaban J connectivity index is 2.40. The monoisotopic (exact) mass is 476 g/mol. The molecule has 0 saturated heterocycles. The number of alkyl halides is 6. The molecule has 0 radical (unpaired) electrons. The molecule has 0 aromatic heterocycles. The third kappa shape index (κ3) is 4.79. The molecule has 2 fully saturated rings. The van der Waals surface area contributed by atoms with E-state index in [0.717, 1.165) is 19.3 Å². The highest BCUT2D eigenvalue weighted by molar-refractivity contribution is 6.77. The van der Waals surface area contributed by atoms with Crippen LogP contribution in [0.15, 0.2) is 0 Å². The molecule has 2 aliphatic rings. The maximum absolute atomic E-state index is 13.0. The first-order valence-electron chi connectivity index (χ1n) is 11.0. The predicted molar refractivity (Wildman–Crippen MR) is 107 cm³/mol. The fourth-order valence-corrected chi connectivity index (χ4v) is 11.8. The SMILES string of the molecule is CC(C)[Si](O[C@]12CCCC[C@H]1C[C@H]2C(=O)OC(C(F)(F)F)C(F)(F)F)(C(C)C)C(C)C. The first-order chi connectivity index (χ1) is 14.0. The number of ether oxygens (including phenoxy) is 1. The molecule has 182 valence electrons. The molecule has 0 aliphatic heterocycles. The Morgan fingerprint density at radius 2 is 1.39 bits per heavy atom. The van der Waals surface area contributed by atoms with Gasteiger partial charge in [0.15, 0.2) is 0 Å². The summed E-state index contributed by atoms with van der Waals surface area (Å²) in [5, 5.41) is 0. The van der Waals surface area contributed by atoms with Gasteiger partial charge >= 0.3 is 18.3 Å². The van der Waals surface area contributed by atoms with E-state index in [0.29, 0.717) is 6.42 Å². The van der Waals surface area contributed by atoms with Crippen molar-refractivity contribution in [1.29, 1.82) is 0 Å². The molecule has 0 bridgehead atoms. The molecule has 2 saturated carbocycles. The van der Waals surface area contributed by atoms with Crippen LogP contribution in [-0.2, 0) is 14.0 Å². The lowest BCUT2D eigenvalue weighted by atomic mass is 9.55. The van der Waals surface area contributed by atoms with Crippen LogP contribution in [0.1, 0.15) is 73.6 Å². The third-order valence-corrected chi connectivity index (χ3v) is 13.5. The van der Waals surface area contributed by atoms with E-state index in [4.69, 9.17) is 4.43 Å². The normalized spacial score (nSPS) is 27.6. The number of fused-ring (bicyclic) bond motifs is 1. The van der Waals surface area contributed by atoms with Crippen LogP contribution in [0, 0.1) is 11.8 Å². The molecule has 0 aromatic carbocycles. The molecule has 0 heterocycles. The van der Waals surface area contributed by atoms with Crippen LogP contribution in [-0.4, -0.2) is 38.3 Å². The van der Waals surface area contributed by atoms with Crippen LogP contribution >= 0.6 is 0 Å². The second-order valence-electron chi connectivity index (χ2n) is 10.0. The van der Waals surface area contributed by atoms with Crippen molar-refractivity contribution in [3.63, 3.8) is 0 Å². The average molecular weight is 477 g/mol. The minimum atomic E-state index is -5.72. The number of hydrogen-bond acceptors (Lipinski definition) is 3. The fourth-order valence-electron chi connectivity index (χ4n) is 6.04. The van der Waals surface area contributed by atoms with Gasteiger partial charge in [-0.25, -0.2) is 0 Å². The molecular weight excluding hydrogens is 442 g/mol. The summed E-state index contributed by atoms with van der Waals surface area (Å²) in [7, 11) is -2.53. The van der Waals surface area contributed by atoms with Gasteiger partial charge in [0.25, 0.3) is 6.10 Å². The van der Waals surface area contributed by atoms with Crippen LogP contribution in [0.2, 0.25) is 16.6 Å². The van der Waals surface area contributed by atoms with Gasteiger partial charge in [-0.1, -0.05) is 54.4 Å². The van der Waals surface area contributed by atoms with Crippen molar-refractivity contribution < 1.29 is 40.3 Å². The van der Waals surface area contributed by atoms with E-state index in [1.54, 1.807) is 0 Å². The Bertz CT molecular complexity index is 610. The molecule has 3 nitrogen and oxygen atoms in total. The first-order valence-corrected chi connectivity index (χ1v) is 13.2. The number of carbonyl (C=O) groups excluding carboxylic acids is 1. The summed E-state index contributed by atoms with van der Waals surface area (Å²) in [6.45, 7) is 12.3. The third-order valence-electron chi connectivity index (χ3n) is 7.36. The zero-order valence-electron chi connectivity index (χ0n) is 19.0. The van der Waals surface area contributed by atoms with E-state index in [9.17, 15) is 31.1 Å².